The summed E-state index contributed by atoms with van der Waals surface area (Å²) in [6, 6.07) is 9.20. The molecule has 32 heavy (non-hydrogen) atoms. The first kappa shape index (κ1) is 25.4. The van der Waals surface area contributed by atoms with Crippen molar-refractivity contribution in [3.05, 3.63) is 29.8 Å². The Morgan fingerprint density at radius 3 is 2.19 bits per heavy atom. The molecule has 2 atom stereocenters. The Morgan fingerprint density at radius 2 is 1.59 bits per heavy atom. The lowest BCUT2D eigenvalue weighted by molar-refractivity contribution is -0.130. The van der Waals surface area contributed by atoms with Crippen LogP contribution in [0.15, 0.2) is 24.3 Å². The molecule has 4 nitrogen and oxygen atoms in total. The molecule has 0 unspecified atom stereocenters. The number of carbonyl (C=O) groups is 1. The van der Waals surface area contributed by atoms with Crippen LogP contribution in [-0.2, 0) is 4.79 Å². The molecule has 1 heterocycles. The third-order valence-electron chi connectivity index (χ3n) is 7.82. The van der Waals surface area contributed by atoms with Gasteiger partial charge in [0.1, 0.15) is 0 Å². The van der Waals surface area contributed by atoms with Crippen LogP contribution in [0.4, 0.5) is 5.69 Å². The Bertz CT molecular complexity index is 782. The van der Waals surface area contributed by atoms with Gasteiger partial charge in [-0.25, -0.2) is 0 Å². The van der Waals surface area contributed by atoms with Gasteiger partial charge in [0.15, 0.2) is 0 Å². The summed E-state index contributed by atoms with van der Waals surface area (Å²) >= 11 is 0. The van der Waals surface area contributed by atoms with E-state index in [1.165, 1.54) is 24.9 Å². The third-order valence-corrected chi connectivity index (χ3v) is 7.82. The van der Waals surface area contributed by atoms with Crippen molar-refractivity contribution in [2.45, 2.75) is 59.3 Å². The number of piperazine rings is 1. The Hall–Kier alpha value is -1.26. The van der Waals surface area contributed by atoms with E-state index in [1.807, 2.05) is 14.1 Å². The molecule has 0 N–H and O–H groups in total. The van der Waals surface area contributed by atoms with E-state index in [4.69, 9.17) is 0 Å². The van der Waals surface area contributed by atoms with E-state index in [1.54, 1.807) is 10.5 Å². The molecule has 180 valence electrons. The minimum atomic E-state index is 0. The van der Waals surface area contributed by atoms with Crippen molar-refractivity contribution in [3.63, 3.8) is 0 Å². The highest BCUT2D eigenvalue weighted by Gasteiger charge is 2.44. The van der Waals surface area contributed by atoms with Gasteiger partial charge in [-0.1, -0.05) is 45.9 Å². The summed E-state index contributed by atoms with van der Waals surface area (Å²) in [6.07, 6.45) is 4.97. The fraction of sp³-hybridized carbons (Fsp3) is 0.741. The predicted molar refractivity (Wildman–Crippen MR) is 137 cm³/mol. The van der Waals surface area contributed by atoms with Gasteiger partial charge in [-0.05, 0) is 60.0 Å². The molecule has 1 aromatic rings. The van der Waals surface area contributed by atoms with Crippen LogP contribution in [0, 0.1) is 22.7 Å². The van der Waals surface area contributed by atoms with Gasteiger partial charge in [-0.15, -0.1) is 12.4 Å². The van der Waals surface area contributed by atoms with Crippen LogP contribution >= 0.6 is 12.4 Å². The monoisotopic (exact) mass is 461 g/mol. The maximum Gasteiger partial charge on any atom is 0.225 e. The van der Waals surface area contributed by atoms with Gasteiger partial charge in [0, 0.05) is 58.4 Å². The lowest BCUT2D eigenvalue weighted by atomic mass is 9.60. The zero-order valence-corrected chi connectivity index (χ0v) is 21.9. The SMILES string of the molecule is CN(C)C(=O)[C@@H]1C[C@@H]1CN1CCN(c2ccccc2C2CC(C)(C)CC(C)(C)C2)CC1.Cl. The van der Waals surface area contributed by atoms with Gasteiger partial charge < -0.3 is 9.80 Å². The van der Waals surface area contributed by atoms with Crippen molar-refractivity contribution >= 4 is 24.0 Å². The first-order valence-corrected chi connectivity index (χ1v) is 12.3. The first-order valence-electron chi connectivity index (χ1n) is 12.3. The van der Waals surface area contributed by atoms with E-state index >= 15 is 0 Å². The van der Waals surface area contributed by atoms with Crippen molar-refractivity contribution in [2.75, 3.05) is 51.7 Å². The summed E-state index contributed by atoms with van der Waals surface area (Å²) in [7, 11) is 3.75. The molecule has 1 aliphatic heterocycles. The van der Waals surface area contributed by atoms with Crippen LogP contribution < -0.4 is 4.90 Å². The lowest BCUT2D eigenvalue weighted by Crippen LogP contribution is -2.47. The summed E-state index contributed by atoms with van der Waals surface area (Å²) in [4.78, 5) is 19.1. The van der Waals surface area contributed by atoms with Crippen molar-refractivity contribution < 1.29 is 4.79 Å². The fourth-order valence-corrected chi connectivity index (χ4v) is 6.77. The van der Waals surface area contributed by atoms with Crippen molar-refractivity contribution in [3.8, 4) is 0 Å². The van der Waals surface area contributed by atoms with Gasteiger partial charge in [-0.3, -0.25) is 9.69 Å². The highest BCUT2D eigenvalue weighted by atomic mass is 35.5. The second-order valence-corrected chi connectivity index (χ2v) is 12.3. The number of amides is 1. The summed E-state index contributed by atoms with van der Waals surface area (Å²) in [5, 5.41) is 0. The zero-order chi connectivity index (χ0) is 22.4. The second-order valence-electron chi connectivity index (χ2n) is 12.3. The van der Waals surface area contributed by atoms with E-state index in [2.05, 4.69) is 61.8 Å². The summed E-state index contributed by atoms with van der Waals surface area (Å²) in [5.41, 5.74) is 3.84. The summed E-state index contributed by atoms with van der Waals surface area (Å²) in [5.74, 6) is 1.81. The van der Waals surface area contributed by atoms with Crippen LogP contribution in [0.5, 0.6) is 0 Å². The predicted octanol–water partition coefficient (Wildman–Crippen LogP) is 5.27. The summed E-state index contributed by atoms with van der Waals surface area (Å²) < 4.78 is 0. The van der Waals surface area contributed by atoms with Crippen LogP contribution in [0.25, 0.3) is 0 Å². The number of rotatable bonds is 5. The average Bonchev–Trinajstić information content (AvgIpc) is 3.44. The molecule has 1 saturated heterocycles. The maximum absolute atomic E-state index is 12.2. The van der Waals surface area contributed by atoms with E-state index in [0.29, 0.717) is 28.6 Å². The van der Waals surface area contributed by atoms with Gasteiger partial charge in [0.05, 0.1) is 0 Å². The molecule has 0 spiro atoms. The highest BCUT2D eigenvalue weighted by molar-refractivity contribution is 5.85. The average molecular weight is 462 g/mol. The summed E-state index contributed by atoms with van der Waals surface area (Å²) in [6.45, 7) is 15.3. The molecule has 0 aromatic heterocycles. The van der Waals surface area contributed by atoms with E-state index < -0.39 is 0 Å². The molecule has 0 bridgehead atoms. The van der Waals surface area contributed by atoms with E-state index in [0.717, 1.165) is 39.1 Å². The van der Waals surface area contributed by atoms with Gasteiger partial charge in [0.2, 0.25) is 5.91 Å². The number of hydrogen-bond donors (Lipinski definition) is 0. The van der Waals surface area contributed by atoms with E-state index in [9.17, 15) is 4.79 Å². The Kier molecular flexibility index (Phi) is 7.56. The minimum absolute atomic E-state index is 0. The second kappa shape index (κ2) is 9.54. The van der Waals surface area contributed by atoms with Crippen molar-refractivity contribution in [2.24, 2.45) is 22.7 Å². The number of hydrogen-bond acceptors (Lipinski definition) is 3. The van der Waals surface area contributed by atoms with Gasteiger partial charge in [0.25, 0.3) is 0 Å². The van der Waals surface area contributed by atoms with Crippen LogP contribution in [0.3, 0.4) is 0 Å². The molecule has 0 radical (unpaired) electrons. The Morgan fingerprint density at radius 1 is 1.00 bits per heavy atom. The van der Waals surface area contributed by atoms with Gasteiger partial charge >= 0.3 is 0 Å². The molecule has 2 saturated carbocycles. The molecule has 1 aromatic carbocycles. The Balaban J connectivity index is 0.00000289. The molecular weight excluding hydrogens is 418 g/mol. The maximum atomic E-state index is 12.2. The van der Waals surface area contributed by atoms with Crippen molar-refractivity contribution in [1.82, 2.24) is 9.80 Å². The Labute approximate surface area is 202 Å². The highest BCUT2D eigenvalue weighted by Crippen LogP contribution is 2.53. The number of carbonyl (C=O) groups excluding carboxylic acids is 1. The number of nitrogens with zero attached hydrogens (tertiary/aromatic N) is 3. The van der Waals surface area contributed by atoms with Crippen LogP contribution in [0.1, 0.15) is 64.9 Å². The molecule has 3 fully saturated rings. The largest absolute Gasteiger partial charge is 0.369 e. The quantitative estimate of drug-likeness (QED) is 0.597. The molecular formula is C27H44ClN3O. The minimum Gasteiger partial charge on any atom is -0.369 e. The molecule has 4 rings (SSSR count). The molecule has 1 amide bonds. The lowest BCUT2D eigenvalue weighted by Gasteiger charge is -2.46. The normalized spacial score (nSPS) is 27.5. The number of halogens is 1. The topological polar surface area (TPSA) is 26.8 Å². The molecule has 3 aliphatic rings. The molecule has 2 aliphatic carbocycles. The fourth-order valence-electron chi connectivity index (χ4n) is 6.77. The van der Waals surface area contributed by atoms with E-state index in [-0.39, 0.29) is 18.3 Å². The van der Waals surface area contributed by atoms with Crippen LogP contribution in [-0.4, -0.2) is 62.5 Å². The third kappa shape index (κ3) is 5.80. The first-order chi connectivity index (χ1) is 14.5. The number of benzene rings is 1. The van der Waals surface area contributed by atoms with Crippen molar-refractivity contribution in [1.29, 1.82) is 0 Å². The smallest absolute Gasteiger partial charge is 0.225 e. The molecule has 5 heteroatoms. The van der Waals surface area contributed by atoms with Crippen LogP contribution in [0.2, 0.25) is 0 Å². The standard InChI is InChI=1S/C27H43N3O.ClH/c1-26(2)16-21(17-27(3,4)19-26)22-9-7-8-10-24(22)30-13-11-29(12-14-30)18-20-15-23(20)25(31)28(5)6;/h7-10,20-21,23H,11-19H2,1-6H3;1H/t20-,23-;/m1./s1. The van der Waals surface area contributed by atoms with Gasteiger partial charge in [-0.2, -0.15) is 0 Å². The number of anilines is 1. The zero-order valence-electron chi connectivity index (χ0n) is 21.1. The number of para-hydroxylation sites is 1.